The first kappa shape index (κ1) is 13.0. The number of rotatable bonds is 1. The van der Waals surface area contributed by atoms with E-state index >= 15 is 0 Å². The second-order valence-electron chi connectivity index (χ2n) is 5.16. The van der Waals surface area contributed by atoms with Gasteiger partial charge < -0.3 is 14.9 Å². The molecule has 0 saturated carbocycles. The number of aromatic nitrogens is 2. The van der Waals surface area contributed by atoms with Gasteiger partial charge in [0.05, 0.1) is 13.1 Å². The average Bonchev–Trinajstić information content (AvgIpc) is 2.98. The molecule has 0 unspecified atom stereocenters. The van der Waals surface area contributed by atoms with E-state index in [9.17, 15) is 19.1 Å². The van der Waals surface area contributed by atoms with Crippen LogP contribution in [0.3, 0.4) is 0 Å². The molecule has 2 aliphatic heterocycles. The normalized spacial score (nSPS) is 26.1. The minimum absolute atomic E-state index is 0.0456. The molecule has 0 spiro atoms. The summed E-state index contributed by atoms with van der Waals surface area (Å²) in [6.07, 6.45) is -2.58. The molecule has 0 aliphatic carbocycles. The number of likely N-dealkylation sites (tertiary alicyclic amines) is 1. The standard InChI is InChI=1S/C12H15FN4O3/c1-15-2-3-17-9(12(15)20)4-8(14-17)11(19)16-5-7(13)10(18)6-16/h4,7,10,18H,2-3,5-6H2,1H3/t7-,10-/m1/s1. The molecule has 108 valence electrons. The molecule has 20 heavy (non-hydrogen) atoms. The zero-order chi connectivity index (χ0) is 14.4. The first-order chi connectivity index (χ1) is 9.47. The van der Waals surface area contributed by atoms with Crippen LogP contribution in [0.25, 0.3) is 0 Å². The van der Waals surface area contributed by atoms with Crippen LogP contribution in [0.1, 0.15) is 21.0 Å². The molecule has 8 heteroatoms. The van der Waals surface area contributed by atoms with Crippen molar-refractivity contribution >= 4 is 11.8 Å². The number of amides is 2. The Labute approximate surface area is 114 Å². The van der Waals surface area contributed by atoms with Gasteiger partial charge in [-0.25, -0.2) is 4.39 Å². The largest absolute Gasteiger partial charge is 0.388 e. The summed E-state index contributed by atoms with van der Waals surface area (Å²) in [6.45, 7) is 0.876. The van der Waals surface area contributed by atoms with E-state index < -0.39 is 18.2 Å². The van der Waals surface area contributed by atoms with Gasteiger partial charge in [-0.05, 0) is 0 Å². The summed E-state index contributed by atoms with van der Waals surface area (Å²) < 4.78 is 14.7. The first-order valence-corrected chi connectivity index (χ1v) is 6.42. The lowest BCUT2D eigenvalue weighted by Crippen LogP contribution is -2.37. The number of likely N-dealkylation sites (N-methyl/N-ethyl adjacent to an activating group) is 1. The number of carbonyl (C=O) groups excluding carboxylic acids is 2. The van der Waals surface area contributed by atoms with Crippen molar-refractivity contribution in [3.05, 3.63) is 17.5 Å². The van der Waals surface area contributed by atoms with Gasteiger partial charge in [-0.3, -0.25) is 14.3 Å². The van der Waals surface area contributed by atoms with Gasteiger partial charge in [-0.15, -0.1) is 0 Å². The highest BCUT2D eigenvalue weighted by atomic mass is 19.1. The van der Waals surface area contributed by atoms with Crippen LogP contribution in [-0.2, 0) is 6.54 Å². The smallest absolute Gasteiger partial charge is 0.274 e. The molecule has 0 bridgehead atoms. The topological polar surface area (TPSA) is 78.7 Å². The van der Waals surface area contributed by atoms with Crippen molar-refractivity contribution in [2.24, 2.45) is 0 Å². The molecule has 0 radical (unpaired) electrons. The predicted molar refractivity (Wildman–Crippen MR) is 66.0 cm³/mol. The Hall–Kier alpha value is -1.96. The summed E-state index contributed by atoms with van der Waals surface area (Å²) in [7, 11) is 1.69. The monoisotopic (exact) mass is 282 g/mol. The van der Waals surface area contributed by atoms with Crippen LogP contribution < -0.4 is 0 Å². The number of β-amino-alcohol motifs (C(OH)–C–C–N with tert-alkyl or cyclic N) is 1. The third-order valence-electron chi connectivity index (χ3n) is 3.72. The summed E-state index contributed by atoms with van der Waals surface area (Å²) >= 11 is 0. The maximum atomic E-state index is 13.3. The van der Waals surface area contributed by atoms with Gasteiger partial charge in [0.15, 0.2) is 5.69 Å². The van der Waals surface area contributed by atoms with E-state index in [1.165, 1.54) is 15.6 Å². The fourth-order valence-electron chi connectivity index (χ4n) is 2.48. The molecule has 1 aromatic rings. The fourth-order valence-corrected chi connectivity index (χ4v) is 2.48. The van der Waals surface area contributed by atoms with E-state index in [1.54, 1.807) is 11.9 Å². The van der Waals surface area contributed by atoms with Gasteiger partial charge in [0.1, 0.15) is 18.0 Å². The number of hydrogen-bond donors (Lipinski definition) is 1. The van der Waals surface area contributed by atoms with Crippen molar-refractivity contribution in [2.45, 2.75) is 18.8 Å². The molecule has 1 aromatic heterocycles. The summed E-state index contributed by atoms with van der Waals surface area (Å²) in [4.78, 5) is 26.9. The maximum Gasteiger partial charge on any atom is 0.274 e. The van der Waals surface area contributed by atoms with Gasteiger partial charge >= 0.3 is 0 Å². The summed E-state index contributed by atoms with van der Waals surface area (Å²) in [5, 5.41) is 13.5. The van der Waals surface area contributed by atoms with Crippen molar-refractivity contribution in [3.63, 3.8) is 0 Å². The molecule has 7 nitrogen and oxygen atoms in total. The molecular formula is C12H15FN4O3. The third kappa shape index (κ3) is 1.96. The van der Waals surface area contributed by atoms with Gasteiger partial charge in [0.2, 0.25) is 0 Å². The number of aliphatic hydroxyl groups excluding tert-OH is 1. The SMILES string of the molecule is CN1CCn2nc(C(=O)N3C[C@@H](O)[C@H](F)C3)cc2C1=O. The Balaban J connectivity index is 1.84. The van der Waals surface area contributed by atoms with Crippen LogP contribution in [-0.4, -0.2) is 75.5 Å². The zero-order valence-corrected chi connectivity index (χ0v) is 11.0. The number of aliphatic hydroxyl groups is 1. The molecule has 0 aromatic carbocycles. The number of halogens is 1. The minimum Gasteiger partial charge on any atom is -0.388 e. The lowest BCUT2D eigenvalue weighted by Gasteiger charge is -2.22. The summed E-state index contributed by atoms with van der Waals surface area (Å²) in [5.41, 5.74) is 0.476. The lowest BCUT2D eigenvalue weighted by atomic mass is 10.2. The summed E-state index contributed by atoms with van der Waals surface area (Å²) in [6, 6.07) is 1.43. The van der Waals surface area contributed by atoms with Crippen molar-refractivity contribution in [1.29, 1.82) is 0 Å². The molecule has 1 saturated heterocycles. The first-order valence-electron chi connectivity index (χ1n) is 6.42. The van der Waals surface area contributed by atoms with Crippen molar-refractivity contribution in [1.82, 2.24) is 19.6 Å². The Morgan fingerprint density at radius 2 is 2.20 bits per heavy atom. The van der Waals surface area contributed by atoms with Crippen molar-refractivity contribution in [3.8, 4) is 0 Å². The molecule has 1 fully saturated rings. The van der Waals surface area contributed by atoms with Crippen LogP contribution in [0.2, 0.25) is 0 Å². The molecule has 1 N–H and O–H groups in total. The van der Waals surface area contributed by atoms with E-state index in [0.29, 0.717) is 18.8 Å². The Kier molecular flexibility index (Phi) is 2.97. The molecule has 2 amide bonds. The second-order valence-corrected chi connectivity index (χ2v) is 5.16. The van der Waals surface area contributed by atoms with E-state index in [1.807, 2.05) is 0 Å². The molecule has 2 aliphatic rings. The van der Waals surface area contributed by atoms with E-state index in [4.69, 9.17) is 0 Å². The van der Waals surface area contributed by atoms with Crippen LogP contribution in [0, 0.1) is 0 Å². The molecule has 3 rings (SSSR count). The van der Waals surface area contributed by atoms with E-state index in [0.717, 1.165) is 0 Å². The Bertz CT molecular complexity index is 563. The highest BCUT2D eigenvalue weighted by Crippen LogP contribution is 2.18. The molecule has 3 heterocycles. The summed E-state index contributed by atoms with van der Waals surface area (Å²) in [5.74, 6) is -0.644. The van der Waals surface area contributed by atoms with Gasteiger partial charge in [0.25, 0.3) is 11.8 Å². The lowest BCUT2D eigenvalue weighted by molar-refractivity contribution is 0.0736. The minimum atomic E-state index is -1.43. The van der Waals surface area contributed by atoms with Gasteiger partial charge in [-0.1, -0.05) is 0 Å². The predicted octanol–water partition coefficient (Wildman–Crippen LogP) is -0.876. The zero-order valence-electron chi connectivity index (χ0n) is 11.0. The Morgan fingerprint density at radius 3 is 2.85 bits per heavy atom. The highest BCUT2D eigenvalue weighted by Gasteiger charge is 2.36. The maximum absolute atomic E-state index is 13.3. The van der Waals surface area contributed by atoms with E-state index in [2.05, 4.69) is 5.10 Å². The number of carbonyl (C=O) groups is 2. The fraction of sp³-hybridized carbons (Fsp3) is 0.583. The van der Waals surface area contributed by atoms with Crippen molar-refractivity contribution in [2.75, 3.05) is 26.7 Å². The number of fused-ring (bicyclic) bond motifs is 1. The number of hydrogen-bond acceptors (Lipinski definition) is 4. The highest BCUT2D eigenvalue weighted by molar-refractivity contribution is 5.98. The third-order valence-corrected chi connectivity index (χ3v) is 3.72. The van der Waals surface area contributed by atoms with E-state index in [-0.39, 0.29) is 24.7 Å². The van der Waals surface area contributed by atoms with Crippen LogP contribution >= 0.6 is 0 Å². The van der Waals surface area contributed by atoms with Gasteiger partial charge in [-0.2, -0.15) is 5.10 Å². The second kappa shape index (κ2) is 4.55. The number of nitrogens with zero attached hydrogens (tertiary/aromatic N) is 4. The van der Waals surface area contributed by atoms with Crippen LogP contribution in [0.5, 0.6) is 0 Å². The Morgan fingerprint density at radius 1 is 1.45 bits per heavy atom. The van der Waals surface area contributed by atoms with Crippen molar-refractivity contribution < 1.29 is 19.1 Å². The molecule has 2 atom stereocenters. The number of alkyl halides is 1. The van der Waals surface area contributed by atoms with Crippen LogP contribution in [0.15, 0.2) is 6.07 Å². The van der Waals surface area contributed by atoms with Crippen LogP contribution in [0.4, 0.5) is 4.39 Å². The van der Waals surface area contributed by atoms with Gasteiger partial charge in [0, 0.05) is 26.2 Å². The quantitative estimate of drug-likeness (QED) is 0.726. The molecular weight excluding hydrogens is 267 g/mol. The average molecular weight is 282 g/mol.